The SMILES string of the molecule is OC12CC(C3CCCCC31)C1C3CCC(C3)C12O. The van der Waals surface area contributed by atoms with Gasteiger partial charge in [0.1, 0.15) is 0 Å². The van der Waals surface area contributed by atoms with Crippen LogP contribution in [0.3, 0.4) is 0 Å². The molecule has 0 aromatic heterocycles. The summed E-state index contributed by atoms with van der Waals surface area (Å²) >= 11 is 0. The molecule has 5 saturated carbocycles. The molecule has 5 aliphatic carbocycles. The van der Waals surface area contributed by atoms with Crippen molar-refractivity contribution in [2.24, 2.45) is 35.5 Å². The van der Waals surface area contributed by atoms with Crippen LogP contribution in [-0.2, 0) is 0 Å². The van der Waals surface area contributed by atoms with Gasteiger partial charge in [-0.05, 0) is 74.0 Å². The van der Waals surface area contributed by atoms with E-state index >= 15 is 0 Å². The molecule has 8 atom stereocenters. The minimum atomic E-state index is -0.701. The Balaban J connectivity index is 1.65. The van der Waals surface area contributed by atoms with Crippen molar-refractivity contribution < 1.29 is 10.2 Å². The molecule has 0 aliphatic heterocycles. The number of hydrogen-bond donors (Lipinski definition) is 2. The Morgan fingerprint density at radius 1 is 0.889 bits per heavy atom. The van der Waals surface area contributed by atoms with E-state index in [9.17, 15) is 10.2 Å². The van der Waals surface area contributed by atoms with Gasteiger partial charge in [-0.25, -0.2) is 0 Å². The standard InChI is InChI=1S/C16H24O2/c17-15-8-12(11-3-1-2-4-13(11)15)14-9-5-6-10(7-9)16(14,15)18/h9-14,17-18H,1-8H2. The van der Waals surface area contributed by atoms with Gasteiger partial charge in [-0.1, -0.05) is 12.8 Å². The first-order chi connectivity index (χ1) is 8.66. The Labute approximate surface area is 109 Å². The Hall–Kier alpha value is -0.0800. The second-order valence-electron chi connectivity index (χ2n) is 7.97. The van der Waals surface area contributed by atoms with Crippen molar-refractivity contribution in [2.45, 2.75) is 62.6 Å². The Morgan fingerprint density at radius 3 is 2.61 bits per heavy atom. The highest BCUT2D eigenvalue weighted by molar-refractivity contribution is 5.29. The zero-order chi connectivity index (χ0) is 12.1. The van der Waals surface area contributed by atoms with E-state index in [-0.39, 0.29) is 0 Å². The van der Waals surface area contributed by atoms with Gasteiger partial charge < -0.3 is 10.2 Å². The molecule has 0 aromatic rings. The van der Waals surface area contributed by atoms with Gasteiger partial charge in [0.2, 0.25) is 0 Å². The predicted octanol–water partition coefficient (Wildman–Crippen LogP) is 2.33. The molecule has 5 fully saturated rings. The van der Waals surface area contributed by atoms with E-state index in [1.54, 1.807) is 0 Å². The van der Waals surface area contributed by atoms with Crippen LogP contribution in [0.15, 0.2) is 0 Å². The molecule has 0 radical (unpaired) electrons. The maximum Gasteiger partial charge on any atom is 0.0997 e. The average molecular weight is 248 g/mol. The fourth-order valence-corrected chi connectivity index (χ4v) is 7.47. The number of hydrogen-bond acceptors (Lipinski definition) is 2. The van der Waals surface area contributed by atoms with Crippen LogP contribution in [-0.4, -0.2) is 21.4 Å². The first kappa shape index (κ1) is 10.7. The predicted molar refractivity (Wildman–Crippen MR) is 67.8 cm³/mol. The van der Waals surface area contributed by atoms with E-state index < -0.39 is 11.2 Å². The van der Waals surface area contributed by atoms with E-state index in [0.29, 0.717) is 23.7 Å². The third kappa shape index (κ3) is 0.867. The van der Waals surface area contributed by atoms with Crippen LogP contribution in [0, 0.1) is 35.5 Å². The molecule has 2 nitrogen and oxygen atoms in total. The van der Waals surface area contributed by atoms with E-state index in [1.165, 1.54) is 44.9 Å². The van der Waals surface area contributed by atoms with Crippen molar-refractivity contribution in [3.63, 3.8) is 0 Å². The summed E-state index contributed by atoms with van der Waals surface area (Å²) in [6.07, 6.45) is 9.74. The van der Waals surface area contributed by atoms with Crippen LogP contribution < -0.4 is 0 Å². The van der Waals surface area contributed by atoms with Gasteiger partial charge in [0.15, 0.2) is 0 Å². The van der Waals surface area contributed by atoms with Gasteiger partial charge >= 0.3 is 0 Å². The van der Waals surface area contributed by atoms with Crippen LogP contribution in [0.5, 0.6) is 0 Å². The molecule has 4 bridgehead atoms. The Kier molecular flexibility index (Phi) is 1.77. The van der Waals surface area contributed by atoms with Crippen molar-refractivity contribution in [1.82, 2.24) is 0 Å². The molecule has 0 saturated heterocycles. The lowest BCUT2D eigenvalue weighted by atomic mass is 9.56. The summed E-state index contributed by atoms with van der Waals surface area (Å²) in [6, 6.07) is 0. The van der Waals surface area contributed by atoms with Crippen LogP contribution >= 0.6 is 0 Å². The summed E-state index contributed by atoms with van der Waals surface area (Å²) in [5.74, 6) is 3.44. The molecule has 0 spiro atoms. The van der Waals surface area contributed by atoms with Gasteiger partial charge in [-0.3, -0.25) is 0 Å². The molecule has 0 aromatic carbocycles. The van der Waals surface area contributed by atoms with Crippen molar-refractivity contribution in [1.29, 1.82) is 0 Å². The van der Waals surface area contributed by atoms with E-state index in [4.69, 9.17) is 0 Å². The van der Waals surface area contributed by atoms with E-state index in [1.807, 2.05) is 0 Å². The Bertz CT molecular complexity index is 408. The van der Waals surface area contributed by atoms with Gasteiger partial charge in [-0.2, -0.15) is 0 Å². The fraction of sp³-hybridized carbons (Fsp3) is 1.00. The zero-order valence-corrected chi connectivity index (χ0v) is 11.0. The second kappa shape index (κ2) is 2.98. The lowest BCUT2D eigenvalue weighted by molar-refractivity contribution is -0.223. The monoisotopic (exact) mass is 248 g/mol. The second-order valence-corrected chi connectivity index (χ2v) is 7.97. The highest BCUT2D eigenvalue weighted by Gasteiger charge is 2.79. The normalized spacial score (nSPS) is 68.3. The maximum absolute atomic E-state index is 11.4. The number of rotatable bonds is 0. The average Bonchev–Trinajstić information content (AvgIpc) is 3.06. The minimum absolute atomic E-state index is 0.422. The van der Waals surface area contributed by atoms with Gasteiger partial charge in [0, 0.05) is 0 Å². The van der Waals surface area contributed by atoms with Gasteiger partial charge in [-0.15, -0.1) is 0 Å². The van der Waals surface area contributed by atoms with E-state index in [2.05, 4.69) is 0 Å². The molecule has 2 heteroatoms. The molecule has 8 unspecified atom stereocenters. The molecular formula is C16H24O2. The zero-order valence-electron chi connectivity index (χ0n) is 11.0. The van der Waals surface area contributed by atoms with Crippen LogP contribution in [0.1, 0.15) is 51.4 Å². The summed E-state index contributed by atoms with van der Waals surface area (Å²) in [4.78, 5) is 0. The van der Waals surface area contributed by atoms with E-state index in [0.717, 1.165) is 18.3 Å². The van der Waals surface area contributed by atoms with Gasteiger partial charge in [0.05, 0.1) is 11.2 Å². The quantitative estimate of drug-likeness (QED) is 0.646. The van der Waals surface area contributed by atoms with Crippen molar-refractivity contribution in [3.8, 4) is 0 Å². The molecule has 0 amide bonds. The fourth-order valence-electron chi connectivity index (χ4n) is 7.47. The smallest absolute Gasteiger partial charge is 0.0997 e. The number of fused-ring (bicyclic) bond motifs is 12. The molecule has 18 heavy (non-hydrogen) atoms. The van der Waals surface area contributed by atoms with Crippen molar-refractivity contribution >= 4 is 0 Å². The Morgan fingerprint density at radius 2 is 1.72 bits per heavy atom. The van der Waals surface area contributed by atoms with Crippen LogP contribution in [0.4, 0.5) is 0 Å². The first-order valence-corrected chi connectivity index (χ1v) is 8.11. The molecule has 5 rings (SSSR count). The summed E-state index contributed by atoms with van der Waals surface area (Å²) in [7, 11) is 0. The molecule has 5 aliphatic rings. The first-order valence-electron chi connectivity index (χ1n) is 8.11. The highest BCUT2D eigenvalue weighted by atomic mass is 16.4. The largest absolute Gasteiger partial charge is 0.387 e. The number of aliphatic hydroxyl groups is 2. The third-order valence-corrected chi connectivity index (χ3v) is 7.80. The van der Waals surface area contributed by atoms with Crippen molar-refractivity contribution in [3.05, 3.63) is 0 Å². The lowest BCUT2D eigenvalue weighted by Gasteiger charge is -2.54. The molecule has 0 heterocycles. The summed E-state index contributed by atoms with van der Waals surface area (Å²) in [5, 5.41) is 22.7. The summed E-state index contributed by atoms with van der Waals surface area (Å²) in [5.41, 5.74) is -1.38. The topological polar surface area (TPSA) is 40.5 Å². The molecule has 2 N–H and O–H groups in total. The van der Waals surface area contributed by atoms with Crippen molar-refractivity contribution in [2.75, 3.05) is 0 Å². The van der Waals surface area contributed by atoms with Crippen LogP contribution in [0.25, 0.3) is 0 Å². The van der Waals surface area contributed by atoms with Crippen LogP contribution in [0.2, 0.25) is 0 Å². The minimum Gasteiger partial charge on any atom is -0.387 e. The highest BCUT2D eigenvalue weighted by Crippen LogP contribution is 2.75. The van der Waals surface area contributed by atoms with Gasteiger partial charge in [0.25, 0.3) is 0 Å². The summed E-state index contributed by atoms with van der Waals surface area (Å²) in [6.45, 7) is 0. The summed E-state index contributed by atoms with van der Waals surface area (Å²) < 4.78 is 0. The third-order valence-electron chi connectivity index (χ3n) is 7.80. The maximum atomic E-state index is 11.4. The molecule has 100 valence electrons. The molecular weight excluding hydrogens is 224 g/mol. The lowest BCUT2D eigenvalue weighted by Crippen LogP contribution is -2.64.